The molecule has 2 heterocycles. The Balaban J connectivity index is 1.41. The zero-order valence-corrected chi connectivity index (χ0v) is 20.5. The summed E-state index contributed by atoms with van der Waals surface area (Å²) in [6.07, 6.45) is 4.70. The van der Waals surface area contributed by atoms with Crippen LogP contribution in [0, 0.1) is 23.5 Å². The first-order valence-electron chi connectivity index (χ1n) is 11.7. The minimum absolute atomic E-state index is 0.0121. The summed E-state index contributed by atoms with van der Waals surface area (Å²) >= 11 is 0. The van der Waals surface area contributed by atoms with E-state index in [4.69, 9.17) is 4.74 Å². The summed E-state index contributed by atoms with van der Waals surface area (Å²) in [6, 6.07) is 8.83. The highest BCUT2D eigenvalue weighted by atomic mass is 19.2. The Hall–Kier alpha value is -4.69. The lowest BCUT2D eigenvalue weighted by atomic mass is 10.1. The first kappa shape index (κ1) is 26.4. The third-order valence-corrected chi connectivity index (χ3v) is 5.51. The van der Waals surface area contributed by atoms with Crippen molar-refractivity contribution in [2.75, 3.05) is 32.1 Å². The number of amides is 1. The van der Waals surface area contributed by atoms with Crippen molar-refractivity contribution in [1.82, 2.24) is 24.8 Å². The van der Waals surface area contributed by atoms with Crippen LogP contribution in [-0.4, -0.2) is 52.2 Å². The van der Waals surface area contributed by atoms with Crippen LogP contribution >= 0.6 is 0 Å². The molecule has 0 bridgehead atoms. The zero-order chi connectivity index (χ0) is 26.9. The number of ether oxygens (including phenoxy) is 1. The molecule has 2 aromatic carbocycles. The van der Waals surface area contributed by atoms with Crippen LogP contribution in [0.2, 0.25) is 0 Å². The molecule has 194 valence electrons. The van der Waals surface area contributed by atoms with Gasteiger partial charge in [0.15, 0.2) is 11.6 Å². The van der Waals surface area contributed by atoms with Gasteiger partial charge in [-0.1, -0.05) is 17.9 Å². The number of nitrogens with one attached hydrogen (secondary N) is 2. The Morgan fingerprint density at radius 3 is 2.82 bits per heavy atom. The van der Waals surface area contributed by atoms with Gasteiger partial charge in [-0.25, -0.2) is 23.7 Å². The van der Waals surface area contributed by atoms with Crippen LogP contribution in [0.5, 0.6) is 0 Å². The number of carbonyl (C=O) groups is 1. The Morgan fingerprint density at radius 2 is 2.00 bits per heavy atom. The van der Waals surface area contributed by atoms with Crippen molar-refractivity contribution in [2.45, 2.75) is 13.0 Å². The highest BCUT2D eigenvalue weighted by molar-refractivity contribution is 5.93. The molecule has 38 heavy (non-hydrogen) atoms. The molecular weight excluding hydrogens is 494 g/mol. The fourth-order valence-electron chi connectivity index (χ4n) is 3.62. The molecule has 0 fully saturated rings. The molecule has 0 aliphatic heterocycles. The summed E-state index contributed by atoms with van der Waals surface area (Å²) in [5.74, 6) is 3.89. The lowest BCUT2D eigenvalue weighted by Crippen LogP contribution is -2.33. The van der Waals surface area contributed by atoms with Gasteiger partial charge in [0.05, 0.1) is 24.9 Å². The van der Waals surface area contributed by atoms with Crippen molar-refractivity contribution in [2.24, 2.45) is 0 Å². The normalized spacial score (nSPS) is 10.6. The quantitative estimate of drug-likeness (QED) is 0.259. The molecule has 11 heteroatoms. The molecule has 2 N–H and O–H groups in total. The summed E-state index contributed by atoms with van der Waals surface area (Å²) < 4.78 is 32.9. The Bertz CT molecular complexity index is 1580. The topological polar surface area (TPSA) is 111 Å². The van der Waals surface area contributed by atoms with Gasteiger partial charge in [-0.2, -0.15) is 0 Å². The van der Waals surface area contributed by atoms with E-state index in [-0.39, 0.29) is 18.7 Å². The van der Waals surface area contributed by atoms with Gasteiger partial charge >= 0.3 is 0 Å². The second kappa shape index (κ2) is 12.5. The van der Waals surface area contributed by atoms with Crippen LogP contribution < -0.4 is 16.2 Å². The molecule has 0 unspecified atom stereocenters. The lowest BCUT2D eigenvalue weighted by Gasteiger charge is -2.08. The fraction of sp³-hybridized carbons (Fsp3) is 0.222. The van der Waals surface area contributed by atoms with E-state index in [1.54, 1.807) is 7.11 Å². The van der Waals surface area contributed by atoms with Crippen LogP contribution in [0.4, 0.5) is 14.6 Å². The van der Waals surface area contributed by atoms with Gasteiger partial charge in [0, 0.05) is 37.4 Å². The molecule has 0 saturated heterocycles. The number of fused-ring (bicyclic) bond motifs is 1. The zero-order valence-electron chi connectivity index (χ0n) is 20.5. The number of benzene rings is 2. The number of carbonyl (C=O) groups excluding carboxylic acids is 1. The molecule has 4 rings (SSSR count). The van der Waals surface area contributed by atoms with E-state index in [1.807, 2.05) is 18.2 Å². The number of methoxy groups -OCH3 is 1. The number of anilines is 1. The van der Waals surface area contributed by atoms with Crippen LogP contribution in [0.25, 0.3) is 10.9 Å². The van der Waals surface area contributed by atoms with Gasteiger partial charge in [0.1, 0.15) is 17.7 Å². The Kier molecular flexibility index (Phi) is 8.69. The molecule has 2 aromatic heterocycles. The van der Waals surface area contributed by atoms with E-state index in [9.17, 15) is 18.4 Å². The van der Waals surface area contributed by atoms with Crippen molar-refractivity contribution >= 4 is 22.6 Å². The third-order valence-electron chi connectivity index (χ3n) is 5.51. The van der Waals surface area contributed by atoms with Gasteiger partial charge in [-0.05, 0) is 42.3 Å². The van der Waals surface area contributed by atoms with Crippen LogP contribution in [0.3, 0.4) is 0 Å². The number of aromatic nitrogens is 4. The van der Waals surface area contributed by atoms with Gasteiger partial charge in [-0.15, -0.1) is 0 Å². The van der Waals surface area contributed by atoms with E-state index in [0.717, 1.165) is 40.2 Å². The van der Waals surface area contributed by atoms with Crippen molar-refractivity contribution < 1.29 is 18.3 Å². The van der Waals surface area contributed by atoms with Gasteiger partial charge in [0.2, 0.25) is 0 Å². The highest BCUT2D eigenvalue weighted by Gasteiger charge is 2.13. The average molecular weight is 519 g/mol. The summed E-state index contributed by atoms with van der Waals surface area (Å²) in [6.45, 7) is 1.25. The van der Waals surface area contributed by atoms with Crippen LogP contribution in [0.1, 0.15) is 27.9 Å². The van der Waals surface area contributed by atoms with Crippen molar-refractivity contribution in [3.8, 4) is 11.8 Å². The molecule has 0 atom stereocenters. The first-order chi connectivity index (χ1) is 18.5. The maximum atomic E-state index is 13.5. The maximum Gasteiger partial charge on any atom is 0.266 e. The van der Waals surface area contributed by atoms with E-state index < -0.39 is 23.1 Å². The first-order valence-corrected chi connectivity index (χ1v) is 11.7. The number of halogens is 2. The molecular formula is C27H24F2N6O3. The van der Waals surface area contributed by atoms with E-state index in [1.165, 1.54) is 18.7 Å². The van der Waals surface area contributed by atoms with Crippen molar-refractivity contribution in [3.05, 3.63) is 93.9 Å². The summed E-state index contributed by atoms with van der Waals surface area (Å²) in [5.41, 5.74) is 1.02. The van der Waals surface area contributed by atoms with E-state index >= 15 is 0 Å². The second-order valence-electron chi connectivity index (χ2n) is 8.20. The largest absolute Gasteiger partial charge is 0.385 e. The highest BCUT2D eigenvalue weighted by Crippen LogP contribution is 2.20. The van der Waals surface area contributed by atoms with E-state index in [2.05, 4.69) is 37.4 Å². The van der Waals surface area contributed by atoms with Crippen molar-refractivity contribution in [3.63, 3.8) is 0 Å². The lowest BCUT2D eigenvalue weighted by molar-refractivity contribution is 0.0956. The van der Waals surface area contributed by atoms with Gasteiger partial charge in [-0.3, -0.25) is 14.2 Å². The number of hydrogen-bond acceptors (Lipinski definition) is 7. The standard InChI is InChI=1S/C27H24F2N6O3/c1-38-11-3-10-31-25-20-12-18(6-8-24(20)33-16-34-25)4-2-9-32-26(36)21-14-30-17-35(27(21)37)15-19-5-7-22(28)23(29)13-19/h5-8,12-14,16-17H,3,9-11,15H2,1H3,(H,32,36)(H,31,33,34). The predicted octanol–water partition coefficient (Wildman–Crippen LogP) is 2.74. The molecule has 0 saturated carbocycles. The fourth-order valence-corrected chi connectivity index (χ4v) is 3.62. The third kappa shape index (κ3) is 6.54. The summed E-state index contributed by atoms with van der Waals surface area (Å²) in [5, 5.41) is 6.67. The summed E-state index contributed by atoms with van der Waals surface area (Å²) in [4.78, 5) is 37.8. The summed E-state index contributed by atoms with van der Waals surface area (Å²) in [7, 11) is 1.65. The maximum absolute atomic E-state index is 13.5. The number of rotatable bonds is 9. The van der Waals surface area contributed by atoms with E-state index in [0.29, 0.717) is 30.1 Å². The minimum atomic E-state index is -1.02. The Labute approximate surface area is 216 Å². The van der Waals surface area contributed by atoms with Crippen molar-refractivity contribution in [1.29, 1.82) is 0 Å². The van der Waals surface area contributed by atoms with Crippen LogP contribution in [-0.2, 0) is 11.3 Å². The SMILES string of the molecule is COCCCNc1ncnc2ccc(C#CCNC(=O)c3cncn(Cc4ccc(F)c(F)c4)c3=O)cc12. The number of hydrogen-bond donors (Lipinski definition) is 2. The molecule has 9 nitrogen and oxygen atoms in total. The molecule has 4 aromatic rings. The average Bonchev–Trinajstić information content (AvgIpc) is 2.92. The van der Waals surface area contributed by atoms with Gasteiger partial charge < -0.3 is 15.4 Å². The predicted molar refractivity (Wildman–Crippen MR) is 138 cm³/mol. The smallest absolute Gasteiger partial charge is 0.266 e. The Morgan fingerprint density at radius 1 is 1.13 bits per heavy atom. The monoisotopic (exact) mass is 518 g/mol. The molecule has 1 amide bonds. The molecule has 0 aliphatic rings. The molecule has 0 radical (unpaired) electrons. The minimum Gasteiger partial charge on any atom is -0.385 e. The second-order valence-corrected chi connectivity index (χ2v) is 8.20. The van der Waals surface area contributed by atoms with Crippen LogP contribution in [0.15, 0.2) is 60.0 Å². The molecule has 0 spiro atoms. The van der Waals surface area contributed by atoms with Gasteiger partial charge in [0.25, 0.3) is 11.5 Å². The molecule has 0 aliphatic carbocycles. The number of nitrogens with zero attached hydrogens (tertiary/aromatic N) is 4.